The molecule has 150 valence electrons. The van der Waals surface area contributed by atoms with E-state index in [2.05, 4.69) is 51.1 Å². The number of unbranched alkanes of at least 4 members (excludes halogenated alkanes) is 8. The van der Waals surface area contributed by atoms with Gasteiger partial charge in [-0.05, 0) is 48.9 Å². The predicted molar refractivity (Wildman–Crippen MR) is 117 cm³/mol. The lowest BCUT2D eigenvalue weighted by atomic mass is 10.1. The van der Waals surface area contributed by atoms with E-state index in [1.165, 1.54) is 67.7 Å². The molecule has 0 radical (unpaired) electrons. The number of benzene rings is 2. The first-order chi connectivity index (χ1) is 13.3. The average Bonchev–Trinajstić information content (AvgIpc) is 2.68. The summed E-state index contributed by atoms with van der Waals surface area (Å²) in [6, 6.07) is 10.7. The second kappa shape index (κ2) is 12.6. The van der Waals surface area contributed by atoms with Crippen LogP contribution in [0.15, 0.2) is 30.3 Å². The van der Waals surface area contributed by atoms with Gasteiger partial charge in [0.2, 0.25) is 0 Å². The third kappa shape index (κ3) is 7.44. The lowest BCUT2D eigenvalue weighted by molar-refractivity contribution is 0.304. The van der Waals surface area contributed by atoms with Crippen molar-refractivity contribution in [3.8, 4) is 11.5 Å². The number of fused-ring (bicyclic) bond motifs is 1. The first-order valence-electron chi connectivity index (χ1n) is 11.0. The molecule has 0 fully saturated rings. The maximum absolute atomic E-state index is 6.17. The lowest BCUT2D eigenvalue weighted by Gasteiger charge is -2.14. The van der Waals surface area contributed by atoms with Crippen LogP contribution < -0.4 is 9.47 Å². The van der Waals surface area contributed by atoms with Crippen molar-refractivity contribution in [3.63, 3.8) is 0 Å². The molecule has 0 saturated carbocycles. The summed E-state index contributed by atoms with van der Waals surface area (Å²) in [5.41, 5.74) is 1.21. The molecule has 0 N–H and O–H groups in total. The zero-order valence-electron chi connectivity index (χ0n) is 17.7. The summed E-state index contributed by atoms with van der Waals surface area (Å²) in [5.74, 6) is 2.00. The van der Waals surface area contributed by atoms with Gasteiger partial charge in [-0.25, -0.2) is 0 Å². The van der Waals surface area contributed by atoms with Crippen molar-refractivity contribution in [2.24, 2.45) is 0 Å². The Labute approximate surface area is 166 Å². The topological polar surface area (TPSA) is 18.5 Å². The van der Waals surface area contributed by atoms with Gasteiger partial charge in [-0.15, -0.1) is 0 Å². The zero-order valence-corrected chi connectivity index (χ0v) is 17.7. The quantitative estimate of drug-likeness (QED) is 0.315. The molecule has 0 spiro atoms. The molecule has 27 heavy (non-hydrogen) atoms. The van der Waals surface area contributed by atoms with E-state index < -0.39 is 0 Å². The highest BCUT2D eigenvalue weighted by molar-refractivity contribution is 5.90. The van der Waals surface area contributed by atoms with Gasteiger partial charge in [0.05, 0.1) is 13.2 Å². The van der Waals surface area contributed by atoms with Gasteiger partial charge in [0.25, 0.3) is 0 Å². The van der Waals surface area contributed by atoms with Gasteiger partial charge in [-0.2, -0.15) is 0 Å². The van der Waals surface area contributed by atoms with Crippen molar-refractivity contribution >= 4 is 10.8 Å². The molecule has 0 aliphatic rings. The van der Waals surface area contributed by atoms with E-state index in [4.69, 9.17) is 9.47 Å². The minimum absolute atomic E-state index is 0.805. The molecule has 0 aromatic heterocycles. The molecule has 0 aliphatic carbocycles. The van der Waals surface area contributed by atoms with Crippen LogP contribution in [0.5, 0.6) is 11.5 Å². The Morgan fingerprint density at radius 1 is 0.667 bits per heavy atom. The molecule has 0 aliphatic heterocycles. The van der Waals surface area contributed by atoms with Crippen LogP contribution in [0, 0.1) is 6.92 Å². The monoisotopic (exact) mass is 370 g/mol. The van der Waals surface area contributed by atoms with Gasteiger partial charge >= 0.3 is 0 Å². The van der Waals surface area contributed by atoms with Gasteiger partial charge in [-0.3, -0.25) is 0 Å². The standard InChI is InChI=1S/C25H38O2/c1-4-6-8-10-12-18-26-23-16-17-24-22(20-23)15-14-21(3)25(24)27-19-13-11-9-7-5-2/h14-17,20H,4-13,18-19H2,1-3H3. The highest BCUT2D eigenvalue weighted by Crippen LogP contribution is 2.32. The molecule has 2 aromatic rings. The van der Waals surface area contributed by atoms with E-state index in [0.717, 1.165) is 37.6 Å². The summed E-state index contributed by atoms with van der Waals surface area (Å²) in [6.45, 7) is 8.24. The minimum atomic E-state index is 0.805. The summed E-state index contributed by atoms with van der Waals surface area (Å²) in [5, 5.41) is 2.39. The van der Waals surface area contributed by atoms with Crippen molar-refractivity contribution in [1.29, 1.82) is 0 Å². The van der Waals surface area contributed by atoms with Gasteiger partial charge < -0.3 is 9.47 Å². The third-order valence-electron chi connectivity index (χ3n) is 5.15. The van der Waals surface area contributed by atoms with Crippen LogP contribution in [0.2, 0.25) is 0 Å². The third-order valence-corrected chi connectivity index (χ3v) is 5.15. The van der Waals surface area contributed by atoms with Crippen LogP contribution in [0.3, 0.4) is 0 Å². The van der Waals surface area contributed by atoms with E-state index >= 15 is 0 Å². The number of aryl methyl sites for hydroxylation is 1. The summed E-state index contributed by atoms with van der Waals surface area (Å²) < 4.78 is 12.1. The highest BCUT2D eigenvalue weighted by Gasteiger charge is 2.07. The maximum Gasteiger partial charge on any atom is 0.130 e. The highest BCUT2D eigenvalue weighted by atomic mass is 16.5. The molecule has 0 amide bonds. The van der Waals surface area contributed by atoms with E-state index in [9.17, 15) is 0 Å². The number of ether oxygens (including phenoxy) is 2. The second-order valence-corrected chi connectivity index (χ2v) is 7.62. The number of hydrogen-bond donors (Lipinski definition) is 0. The van der Waals surface area contributed by atoms with Crippen LogP contribution >= 0.6 is 0 Å². The average molecular weight is 371 g/mol. The fraction of sp³-hybridized carbons (Fsp3) is 0.600. The molecule has 2 rings (SSSR count). The van der Waals surface area contributed by atoms with E-state index in [-0.39, 0.29) is 0 Å². The van der Waals surface area contributed by atoms with Crippen LogP contribution in [0.4, 0.5) is 0 Å². The van der Waals surface area contributed by atoms with E-state index in [0.29, 0.717) is 0 Å². The molecular weight excluding hydrogens is 332 g/mol. The summed E-state index contributed by atoms with van der Waals surface area (Å²) >= 11 is 0. The fourth-order valence-corrected chi connectivity index (χ4v) is 3.45. The molecule has 0 heterocycles. The van der Waals surface area contributed by atoms with Gasteiger partial charge in [0.1, 0.15) is 11.5 Å². The Kier molecular flexibility index (Phi) is 10.1. The zero-order chi connectivity index (χ0) is 19.3. The molecular formula is C25H38O2. The van der Waals surface area contributed by atoms with Crippen molar-refractivity contribution in [2.75, 3.05) is 13.2 Å². The molecule has 0 bridgehead atoms. The predicted octanol–water partition coefficient (Wildman–Crippen LogP) is 7.85. The Morgan fingerprint density at radius 3 is 1.96 bits per heavy atom. The van der Waals surface area contributed by atoms with Crippen molar-refractivity contribution in [2.45, 2.75) is 85.0 Å². The van der Waals surface area contributed by atoms with Crippen LogP contribution in [0.25, 0.3) is 10.8 Å². The van der Waals surface area contributed by atoms with Crippen LogP contribution in [-0.2, 0) is 0 Å². The Balaban J connectivity index is 1.89. The normalized spacial score (nSPS) is 11.1. The minimum Gasteiger partial charge on any atom is -0.494 e. The van der Waals surface area contributed by atoms with Crippen molar-refractivity contribution < 1.29 is 9.47 Å². The van der Waals surface area contributed by atoms with E-state index in [1.54, 1.807) is 0 Å². The Morgan fingerprint density at radius 2 is 1.30 bits per heavy atom. The van der Waals surface area contributed by atoms with Gasteiger partial charge in [0, 0.05) is 5.39 Å². The van der Waals surface area contributed by atoms with Crippen molar-refractivity contribution in [3.05, 3.63) is 35.9 Å². The first-order valence-corrected chi connectivity index (χ1v) is 11.0. The lowest BCUT2D eigenvalue weighted by Crippen LogP contribution is -2.00. The molecule has 0 atom stereocenters. The number of rotatable bonds is 14. The smallest absolute Gasteiger partial charge is 0.130 e. The molecule has 0 saturated heterocycles. The molecule has 2 aromatic carbocycles. The SMILES string of the molecule is CCCCCCCOc1ccc2c(OCCCCCCC)c(C)ccc2c1. The molecule has 2 nitrogen and oxygen atoms in total. The largest absolute Gasteiger partial charge is 0.494 e. The summed E-state index contributed by atoms with van der Waals surface area (Å²) in [6.07, 6.45) is 12.6. The Bertz CT molecular complexity index is 663. The molecule has 2 heteroatoms. The van der Waals surface area contributed by atoms with Crippen molar-refractivity contribution in [1.82, 2.24) is 0 Å². The van der Waals surface area contributed by atoms with E-state index in [1.807, 2.05) is 0 Å². The summed E-state index contributed by atoms with van der Waals surface area (Å²) in [4.78, 5) is 0. The van der Waals surface area contributed by atoms with Crippen LogP contribution in [0.1, 0.15) is 83.6 Å². The second-order valence-electron chi connectivity index (χ2n) is 7.62. The van der Waals surface area contributed by atoms with Gasteiger partial charge in [0.15, 0.2) is 0 Å². The van der Waals surface area contributed by atoms with Gasteiger partial charge in [-0.1, -0.05) is 77.3 Å². The molecule has 0 unspecified atom stereocenters. The summed E-state index contributed by atoms with van der Waals surface area (Å²) in [7, 11) is 0. The fourth-order valence-electron chi connectivity index (χ4n) is 3.45. The maximum atomic E-state index is 6.17. The number of hydrogen-bond acceptors (Lipinski definition) is 2. The first kappa shape index (κ1) is 21.6. The van der Waals surface area contributed by atoms with Crippen LogP contribution in [-0.4, -0.2) is 13.2 Å². The Hall–Kier alpha value is -1.70.